The summed E-state index contributed by atoms with van der Waals surface area (Å²) >= 11 is 0. The van der Waals surface area contributed by atoms with Crippen molar-refractivity contribution in [2.75, 3.05) is 14.2 Å². The molecule has 4 saturated heterocycles. The van der Waals surface area contributed by atoms with Crippen molar-refractivity contribution in [3.63, 3.8) is 0 Å². The first-order chi connectivity index (χ1) is 15.9. The molecule has 5 fully saturated rings. The number of hydrogen-bond acceptors (Lipinski definition) is 6. The third-order valence-electron chi connectivity index (χ3n) is 8.89. The van der Waals surface area contributed by atoms with Crippen LogP contribution >= 0.6 is 0 Å². The largest absolute Gasteiger partial charge is 0.497 e. The Morgan fingerprint density at radius 3 is 2.58 bits per heavy atom. The molecule has 0 N–H and O–H groups in total. The quantitative estimate of drug-likeness (QED) is 0.548. The smallest absolute Gasteiger partial charge is 0.201 e. The lowest BCUT2D eigenvalue weighted by Gasteiger charge is -2.60. The number of fused-ring (bicyclic) bond motifs is 3. The number of ether oxygens (including phenoxy) is 4. The van der Waals surface area contributed by atoms with Gasteiger partial charge in [0.15, 0.2) is 11.9 Å². The van der Waals surface area contributed by atoms with Crippen LogP contribution < -0.4 is 9.47 Å². The zero-order valence-corrected chi connectivity index (χ0v) is 20.1. The van der Waals surface area contributed by atoms with Crippen LogP contribution in [0.3, 0.4) is 0 Å². The summed E-state index contributed by atoms with van der Waals surface area (Å²) in [5.41, 5.74) is 0.509. The number of rotatable bonds is 3. The van der Waals surface area contributed by atoms with Gasteiger partial charge in [0.05, 0.1) is 20.3 Å². The van der Waals surface area contributed by atoms with Gasteiger partial charge in [-0.2, -0.15) is 0 Å². The average molecular weight is 455 g/mol. The Bertz CT molecular complexity index is 1070. The summed E-state index contributed by atoms with van der Waals surface area (Å²) in [5, 5.41) is 2.22. The monoisotopic (exact) mass is 454 g/mol. The molecular formula is C27H34O6. The SMILES string of the molecule is COc1ccc2c([C@@H]3O[C@@H]4O[C@]5(C)CC[C@H]6[C@H](C)CC[C@@H]([C@H]3C)[C@@]46OO5)c(OC)ccc2c1. The molecule has 5 aliphatic rings. The van der Waals surface area contributed by atoms with Crippen molar-refractivity contribution in [1.82, 2.24) is 0 Å². The Hall–Kier alpha value is -1.86. The van der Waals surface area contributed by atoms with Crippen LogP contribution in [0.4, 0.5) is 0 Å². The van der Waals surface area contributed by atoms with Crippen LogP contribution in [0, 0.1) is 23.7 Å². The molecule has 7 rings (SSSR count). The molecule has 2 aromatic carbocycles. The summed E-state index contributed by atoms with van der Waals surface area (Å²) in [6.45, 7) is 6.60. The molecule has 0 unspecified atom stereocenters. The van der Waals surface area contributed by atoms with Gasteiger partial charge in [-0.15, -0.1) is 0 Å². The lowest BCUT2D eigenvalue weighted by atomic mass is 9.57. The fourth-order valence-corrected chi connectivity index (χ4v) is 7.15. The molecule has 1 spiro atoms. The molecule has 2 bridgehead atoms. The van der Waals surface area contributed by atoms with E-state index in [0.29, 0.717) is 11.8 Å². The van der Waals surface area contributed by atoms with Gasteiger partial charge in [-0.1, -0.05) is 26.0 Å². The van der Waals surface area contributed by atoms with E-state index in [9.17, 15) is 0 Å². The van der Waals surface area contributed by atoms with Crippen molar-refractivity contribution < 1.29 is 28.7 Å². The van der Waals surface area contributed by atoms with Gasteiger partial charge in [0.1, 0.15) is 11.5 Å². The minimum atomic E-state index is -0.779. The summed E-state index contributed by atoms with van der Waals surface area (Å²) in [5.74, 6) is 2.26. The van der Waals surface area contributed by atoms with Crippen LogP contribution in [0.15, 0.2) is 30.3 Å². The lowest BCUT2D eigenvalue weighted by Crippen LogP contribution is -2.69. The predicted octanol–water partition coefficient (Wildman–Crippen LogP) is 5.78. The van der Waals surface area contributed by atoms with Crippen LogP contribution in [0.1, 0.15) is 58.1 Å². The topological polar surface area (TPSA) is 55.4 Å². The molecule has 178 valence electrons. The molecular weight excluding hydrogens is 420 g/mol. The zero-order chi connectivity index (χ0) is 23.0. The highest BCUT2D eigenvalue weighted by Crippen LogP contribution is 2.63. The van der Waals surface area contributed by atoms with Gasteiger partial charge in [0.25, 0.3) is 0 Å². The highest BCUT2D eigenvalue weighted by molar-refractivity contribution is 5.89. The number of methoxy groups -OCH3 is 2. The summed E-state index contributed by atoms with van der Waals surface area (Å²) in [4.78, 5) is 12.3. The molecule has 8 atom stereocenters. The van der Waals surface area contributed by atoms with Crippen molar-refractivity contribution >= 4 is 10.8 Å². The Balaban J connectivity index is 1.49. The van der Waals surface area contributed by atoms with Gasteiger partial charge >= 0.3 is 0 Å². The molecule has 1 saturated carbocycles. The van der Waals surface area contributed by atoms with E-state index in [2.05, 4.69) is 32.0 Å². The van der Waals surface area contributed by atoms with Crippen molar-refractivity contribution in [2.45, 2.75) is 70.2 Å². The van der Waals surface area contributed by atoms with E-state index in [1.54, 1.807) is 14.2 Å². The number of benzene rings is 2. The van der Waals surface area contributed by atoms with Crippen molar-refractivity contribution in [1.29, 1.82) is 0 Å². The van der Waals surface area contributed by atoms with Gasteiger partial charge in [0, 0.05) is 17.9 Å². The minimum absolute atomic E-state index is 0.182. The molecule has 4 heterocycles. The molecule has 0 aromatic heterocycles. The third kappa shape index (κ3) is 3.00. The first kappa shape index (κ1) is 21.7. The summed E-state index contributed by atoms with van der Waals surface area (Å²) < 4.78 is 24.8. The second kappa shape index (κ2) is 7.57. The highest BCUT2D eigenvalue weighted by atomic mass is 17.3. The van der Waals surface area contributed by atoms with Gasteiger partial charge < -0.3 is 18.9 Å². The van der Waals surface area contributed by atoms with E-state index in [4.69, 9.17) is 28.7 Å². The van der Waals surface area contributed by atoms with Crippen LogP contribution in [0.2, 0.25) is 0 Å². The fraction of sp³-hybridized carbons (Fsp3) is 0.630. The Labute approximate surface area is 195 Å². The minimum Gasteiger partial charge on any atom is -0.497 e. The van der Waals surface area contributed by atoms with Crippen molar-refractivity contribution in [2.24, 2.45) is 23.7 Å². The van der Waals surface area contributed by atoms with E-state index < -0.39 is 17.7 Å². The third-order valence-corrected chi connectivity index (χ3v) is 8.89. The Morgan fingerprint density at radius 1 is 0.939 bits per heavy atom. The fourth-order valence-electron chi connectivity index (χ4n) is 7.15. The normalized spacial score (nSPS) is 42.0. The lowest BCUT2D eigenvalue weighted by molar-refractivity contribution is -0.571. The first-order valence-electron chi connectivity index (χ1n) is 12.2. The van der Waals surface area contributed by atoms with Crippen LogP contribution in [0.25, 0.3) is 10.8 Å². The molecule has 2 aromatic rings. The summed E-state index contributed by atoms with van der Waals surface area (Å²) in [7, 11) is 3.42. The van der Waals surface area contributed by atoms with E-state index in [1.165, 1.54) is 6.42 Å². The molecule has 6 nitrogen and oxygen atoms in total. The van der Waals surface area contributed by atoms with Gasteiger partial charge in [-0.25, -0.2) is 9.78 Å². The maximum atomic E-state index is 6.91. The number of hydrogen-bond donors (Lipinski definition) is 0. The summed E-state index contributed by atoms with van der Waals surface area (Å²) in [6, 6.07) is 10.3. The summed E-state index contributed by atoms with van der Waals surface area (Å²) in [6.07, 6.45) is 3.44. The zero-order valence-electron chi connectivity index (χ0n) is 20.1. The predicted molar refractivity (Wildman–Crippen MR) is 123 cm³/mol. The van der Waals surface area contributed by atoms with Crippen LogP contribution in [-0.2, 0) is 19.2 Å². The second-order valence-electron chi connectivity index (χ2n) is 10.6. The Morgan fingerprint density at radius 2 is 1.79 bits per heavy atom. The first-order valence-corrected chi connectivity index (χ1v) is 12.2. The maximum absolute atomic E-state index is 6.91. The second-order valence-corrected chi connectivity index (χ2v) is 10.6. The van der Waals surface area contributed by atoms with Gasteiger partial charge in [0.2, 0.25) is 5.79 Å². The highest BCUT2D eigenvalue weighted by Gasteiger charge is 2.69. The van der Waals surface area contributed by atoms with E-state index >= 15 is 0 Å². The molecule has 33 heavy (non-hydrogen) atoms. The maximum Gasteiger partial charge on any atom is 0.201 e. The standard InChI is InChI=1S/C27H34O6/c1-15-6-10-21-16(2)24(30-25-27(21)20(15)12-13-26(3,31-25)32-33-27)23-19-9-8-18(28-4)14-17(19)7-11-22(23)29-5/h7-9,11,14-16,20-21,24-25H,6,10,12-13H2,1-5H3/t15-,16-,20+,21+,24-,25-,26+,27-/m1/s1. The van der Waals surface area contributed by atoms with Crippen molar-refractivity contribution in [3.8, 4) is 11.5 Å². The molecule has 6 heteroatoms. The van der Waals surface area contributed by atoms with Crippen molar-refractivity contribution in [3.05, 3.63) is 35.9 Å². The van der Waals surface area contributed by atoms with Gasteiger partial charge in [-0.05, 0) is 72.9 Å². The van der Waals surface area contributed by atoms with E-state index in [1.807, 2.05) is 19.1 Å². The van der Waals surface area contributed by atoms with Crippen LogP contribution in [0.5, 0.6) is 11.5 Å². The van der Waals surface area contributed by atoms with E-state index in [-0.39, 0.29) is 17.9 Å². The van der Waals surface area contributed by atoms with Gasteiger partial charge in [-0.3, -0.25) is 0 Å². The van der Waals surface area contributed by atoms with E-state index in [0.717, 1.165) is 47.1 Å². The Kier molecular flexibility index (Phi) is 4.97. The average Bonchev–Trinajstić information content (AvgIpc) is 3.06. The van der Waals surface area contributed by atoms with Crippen LogP contribution in [-0.4, -0.2) is 31.9 Å². The molecule has 4 aliphatic heterocycles. The molecule has 0 radical (unpaired) electrons. The molecule has 0 amide bonds. The molecule has 1 aliphatic carbocycles.